The average molecular weight is 412 g/mol. The van der Waals surface area contributed by atoms with Crippen LogP contribution in [0.4, 0.5) is 5.69 Å². The van der Waals surface area contributed by atoms with Crippen molar-refractivity contribution in [2.45, 2.75) is 22.6 Å². The van der Waals surface area contributed by atoms with E-state index < -0.39 is 20.0 Å². The second-order valence-corrected chi connectivity index (χ2v) is 9.70. The summed E-state index contributed by atoms with van der Waals surface area (Å²) in [6, 6.07) is 9.16. The van der Waals surface area contributed by atoms with Crippen LogP contribution in [0.15, 0.2) is 52.3 Å². The lowest BCUT2D eigenvalue weighted by Crippen LogP contribution is -2.27. The zero-order valence-corrected chi connectivity index (χ0v) is 16.3. The fourth-order valence-electron chi connectivity index (χ4n) is 2.84. The van der Waals surface area contributed by atoms with E-state index in [0.717, 1.165) is 12.8 Å². The predicted octanol–water partition coefficient (Wildman–Crippen LogP) is 1.99. The normalized spacial score (nSPS) is 15.6. The summed E-state index contributed by atoms with van der Waals surface area (Å²) < 4.78 is 58.7. The smallest absolute Gasteiger partial charge is 0.261 e. The van der Waals surface area contributed by atoms with E-state index in [4.69, 9.17) is 4.74 Å². The Balaban J connectivity index is 1.82. The molecule has 0 aromatic heterocycles. The molecule has 1 saturated heterocycles. The molecular formula is C17H20N2O6S2. The summed E-state index contributed by atoms with van der Waals surface area (Å²) >= 11 is 0. The van der Waals surface area contributed by atoms with Gasteiger partial charge in [-0.25, -0.2) is 16.8 Å². The number of aromatic hydroxyl groups is 1. The Bertz CT molecular complexity index is 1030. The predicted molar refractivity (Wildman–Crippen MR) is 99.9 cm³/mol. The maximum atomic E-state index is 12.5. The van der Waals surface area contributed by atoms with Gasteiger partial charge in [0.1, 0.15) is 0 Å². The Morgan fingerprint density at radius 1 is 0.963 bits per heavy atom. The Labute approximate surface area is 158 Å². The van der Waals surface area contributed by atoms with E-state index in [9.17, 15) is 21.9 Å². The van der Waals surface area contributed by atoms with E-state index >= 15 is 0 Å². The van der Waals surface area contributed by atoms with Crippen LogP contribution < -0.4 is 9.46 Å². The maximum absolute atomic E-state index is 12.5. The van der Waals surface area contributed by atoms with Crippen LogP contribution in [0, 0.1) is 0 Å². The van der Waals surface area contributed by atoms with Gasteiger partial charge in [0.2, 0.25) is 10.0 Å². The number of nitrogens with zero attached hydrogens (tertiary/aromatic N) is 1. The molecular weight excluding hydrogens is 392 g/mol. The molecule has 27 heavy (non-hydrogen) atoms. The van der Waals surface area contributed by atoms with Gasteiger partial charge in [-0.05, 0) is 49.2 Å². The number of hydrogen-bond donors (Lipinski definition) is 2. The van der Waals surface area contributed by atoms with Crippen LogP contribution in [-0.4, -0.2) is 46.4 Å². The van der Waals surface area contributed by atoms with Gasteiger partial charge in [-0.15, -0.1) is 0 Å². The number of phenolic OH excluding ortho intramolecular Hbond substituents is 1. The number of sulfonamides is 2. The SMILES string of the molecule is COc1ccc(NS(=O)(=O)c2ccc(S(=O)(=O)N3CCCC3)cc2)cc1O. The van der Waals surface area contributed by atoms with Crippen molar-refractivity contribution < 1.29 is 26.7 Å². The van der Waals surface area contributed by atoms with Crippen LogP contribution >= 0.6 is 0 Å². The highest BCUT2D eigenvalue weighted by Gasteiger charge is 2.27. The highest BCUT2D eigenvalue weighted by Crippen LogP contribution is 2.30. The van der Waals surface area contributed by atoms with E-state index in [1.165, 1.54) is 53.9 Å². The molecule has 0 aliphatic carbocycles. The van der Waals surface area contributed by atoms with E-state index in [0.29, 0.717) is 13.1 Å². The van der Waals surface area contributed by atoms with E-state index in [1.54, 1.807) is 0 Å². The highest BCUT2D eigenvalue weighted by molar-refractivity contribution is 7.92. The van der Waals surface area contributed by atoms with Crippen LogP contribution in [0.3, 0.4) is 0 Å². The summed E-state index contributed by atoms with van der Waals surface area (Å²) in [6.07, 6.45) is 1.65. The first-order valence-electron chi connectivity index (χ1n) is 8.24. The van der Waals surface area contributed by atoms with Gasteiger partial charge >= 0.3 is 0 Å². The monoisotopic (exact) mass is 412 g/mol. The third kappa shape index (κ3) is 4.02. The molecule has 10 heteroatoms. The van der Waals surface area contributed by atoms with Gasteiger partial charge in [0, 0.05) is 19.2 Å². The topological polar surface area (TPSA) is 113 Å². The molecule has 2 aromatic carbocycles. The molecule has 0 spiro atoms. The van der Waals surface area contributed by atoms with Crippen LogP contribution in [0.2, 0.25) is 0 Å². The van der Waals surface area contributed by atoms with Crippen molar-refractivity contribution in [3.05, 3.63) is 42.5 Å². The van der Waals surface area contributed by atoms with Crippen LogP contribution in [0.1, 0.15) is 12.8 Å². The van der Waals surface area contributed by atoms with Gasteiger partial charge in [0.25, 0.3) is 10.0 Å². The summed E-state index contributed by atoms with van der Waals surface area (Å²) in [7, 11) is -6.16. The molecule has 0 unspecified atom stereocenters. The molecule has 1 aliphatic rings. The second kappa shape index (κ2) is 7.37. The third-order valence-corrected chi connectivity index (χ3v) is 7.58. The molecule has 0 amide bonds. The Morgan fingerprint density at radius 3 is 2.11 bits per heavy atom. The van der Waals surface area contributed by atoms with Gasteiger partial charge in [-0.1, -0.05) is 0 Å². The number of nitrogens with one attached hydrogen (secondary N) is 1. The van der Waals surface area contributed by atoms with E-state index in [2.05, 4.69) is 4.72 Å². The molecule has 1 fully saturated rings. The molecule has 0 saturated carbocycles. The Morgan fingerprint density at radius 2 is 1.56 bits per heavy atom. The van der Waals surface area contributed by atoms with Crippen LogP contribution in [0.5, 0.6) is 11.5 Å². The lowest BCUT2D eigenvalue weighted by atomic mass is 10.3. The van der Waals surface area contributed by atoms with Crippen molar-refractivity contribution in [3.63, 3.8) is 0 Å². The van der Waals surface area contributed by atoms with Crippen molar-refractivity contribution in [1.29, 1.82) is 0 Å². The first kappa shape index (κ1) is 19.5. The molecule has 3 rings (SSSR count). The number of benzene rings is 2. The number of hydrogen-bond acceptors (Lipinski definition) is 6. The average Bonchev–Trinajstić information content (AvgIpc) is 3.17. The standard InChI is InChI=1S/C17H20N2O6S2/c1-25-17-9-4-13(12-16(17)20)18-26(21,22)14-5-7-15(8-6-14)27(23,24)19-10-2-3-11-19/h4-9,12,18,20H,2-3,10-11H2,1H3. The summed E-state index contributed by atoms with van der Waals surface area (Å²) in [5.41, 5.74) is 0.155. The molecule has 1 aliphatic heterocycles. The fraction of sp³-hybridized carbons (Fsp3) is 0.294. The fourth-order valence-corrected chi connectivity index (χ4v) is 5.40. The molecule has 0 radical (unpaired) electrons. The quantitative estimate of drug-likeness (QED) is 0.750. The van der Waals surface area contributed by atoms with Crippen molar-refractivity contribution >= 4 is 25.7 Å². The molecule has 0 bridgehead atoms. The van der Waals surface area contributed by atoms with Gasteiger partial charge in [0.05, 0.1) is 22.6 Å². The maximum Gasteiger partial charge on any atom is 0.261 e. The van der Waals surface area contributed by atoms with Gasteiger partial charge < -0.3 is 9.84 Å². The summed E-state index contributed by atoms with van der Waals surface area (Å²) in [4.78, 5) is -0.0244. The molecule has 8 nitrogen and oxygen atoms in total. The second-order valence-electron chi connectivity index (χ2n) is 6.07. The highest BCUT2D eigenvalue weighted by atomic mass is 32.2. The minimum Gasteiger partial charge on any atom is -0.504 e. The number of anilines is 1. The van der Waals surface area contributed by atoms with E-state index in [-0.39, 0.29) is 27.0 Å². The zero-order chi connectivity index (χ0) is 19.7. The lowest BCUT2D eigenvalue weighted by Gasteiger charge is -2.16. The Hall–Kier alpha value is -2.30. The number of ether oxygens (including phenoxy) is 1. The number of phenols is 1. The first-order chi connectivity index (χ1) is 12.7. The number of rotatable bonds is 6. The lowest BCUT2D eigenvalue weighted by molar-refractivity contribution is 0.373. The molecule has 1 heterocycles. The summed E-state index contributed by atoms with van der Waals surface area (Å²) in [5.74, 6) is 0.0131. The van der Waals surface area contributed by atoms with E-state index in [1.807, 2.05) is 0 Å². The minimum atomic E-state index is -3.94. The number of methoxy groups -OCH3 is 1. The van der Waals surface area contributed by atoms with Gasteiger partial charge in [-0.2, -0.15) is 4.31 Å². The largest absolute Gasteiger partial charge is 0.504 e. The molecule has 0 atom stereocenters. The van der Waals surface area contributed by atoms with Crippen LogP contribution in [0.25, 0.3) is 0 Å². The van der Waals surface area contributed by atoms with Crippen molar-refractivity contribution in [2.24, 2.45) is 0 Å². The van der Waals surface area contributed by atoms with Crippen molar-refractivity contribution in [2.75, 3.05) is 24.9 Å². The molecule has 2 N–H and O–H groups in total. The molecule has 146 valence electrons. The Kier molecular flexibility index (Phi) is 5.31. The minimum absolute atomic E-state index is 0.0606. The third-order valence-electron chi connectivity index (χ3n) is 4.27. The van der Waals surface area contributed by atoms with Crippen molar-refractivity contribution in [3.8, 4) is 11.5 Å². The molecule has 2 aromatic rings. The van der Waals surface area contributed by atoms with Gasteiger partial charge in [-0.3, -0.25) is 4.72 Å². The van der Waals surface area contributed by atoms with Crippen molar-refractivity contribution in [1.82, 2.24) is 4.31 Å². The zero-order valence-electron chi connectivity index (χ0n) is 14.6. The van der Waals surface area contributed by atoms with Crippen LogP contribution in [-0.2, 0) is 20.0 Å². The first-order valence-corrected chi connectivity index (χ1v) is 11.2. The summed E-state index contributed by atoms with van der Waals surface area (Å²) in [5, 5.41) is 9.76. The van der Waals surface area contributed by atoms with Gasteiger partial charge in [0.15, 0.2) is 11.5 Å². The summed E-state index contributed by atoms with van der Waals surface area (Å²) in [6.45, 7) is 0.954.